The van der Waals surface area contributed by atoms with E-state index in [0.717, 1.165) is 6.42 Å². The van der Waals surface area contributed by atoms with Crippen molar-refractivity contribution in [3.05, 3.63) is 35.1 Å². The maximum Gasteiger partial charge on any atom is 1.00 e. The van der Waals surface area contributed by atoms with Crippen LogP contribution in [0.2, 0.25) is 0 Å². The van der Waals surface area contributed by atoms with Crippen molar-refractivity contribution in [1.82, 2.24) is 0 Å². The zero-order valence-electron chi connectivity index (χ0n) is 9.25. The van der Waals surface area contributed by atoms with Crippen LogP contribution in [0, 0.1) is 5.82 Å². The van der Waals surface area contributed by atoms with Gasteiger partial charge in [-0.3, -0.25) is 0 Å². The predicted molar refractivity (Wildman–Crippen MR) is 48.7 cm³/mol. The summed E-state index contributed by atoms with van der Waals surface area (Å²) in [5.41, 5.74) is -0.219. The van der Waals surface area contributed by atoms with Gasteiger partial charge in [0.15, 0.2) is 0 Å². The Balaban J connectivity index is 0.00000128. The van der Waals surface area contributed by atoms with E-state index >= 15 is 0 Å². The van der Waals surface area contributed by atoms with E-state index in [-0.39, 0.29) is 18.9 Å². The van der Waals surface area contributed by atoms with Crippen LogP contribution in [0.15, 0.2) is 18.2 Å². The van der Waals surface area contributed by atoms with Crippen LogP contribution in [0.5, 0.6) is 0 Å². The number of hydrogen-bond donors (Lipinski definition) is 0. The second-order valence-electron chi connectivity index (χ2n) is 3.81. The van der Waals surface area contributed by atoms with Gasteiger partial charge in [0.05, 0.1) is 18.2 Å². The molecule has 0 aromatic heterocycles. The fourth-order valence-electron chi connectivity index (χ4n) is 1.65. The minimum absolute atomic E-state index is 0. The van der Waals surface area contributed by atoms with Crippen molar-refractivity contribution < 1.29 is 37.9 Å². The molecule has 0 N–H and O–H groups in total. The topological polar surface area (TPSA) is 49.4 Å². The van der Waals surface area contributed by atoms with Gasteiger partial charge in [0, 0.05) is 12.0 Å². The number of rotatable bonds is 2. The molecule has 1 unspecified atom stereocenters. The van der Waals surface area contributed by atoms with Crippen molar-refractivity contribution in [2.75, 3.05) is 6.61 Å². The Morgan fingerprint density at radius 2 is 2.19 bits per heavy atom. The minimum atomic E-state index is -1.50. The molecule has 0 spiro atoms. The number of halogens is 1. The first-order chi connectivity index (χ1) is 7.03. The molecule has 1 saturated heterocycles. The Labute approximate surface area is 105 Å². The van der Waals surface area contributed by atoms with E-state index in [9.17, 15) is 14.3 Å². The van der Waals surface area contributed by atoms with Crippen molar-refractivity contribution in [2.45, 2.75) is 18.9 Å². The van der Waals surface area contributed by atoms with Gasteiger partial charge >= 0.3 is 18.9 Å². The Hall–Kier alpha value is -0.823. The molecule has 1 aromatic carbocycles. The zero-order chi connectivity index (χ0) is 11.1. The second kappa shape index (κ2) is 4.58. The quantitative estimate of drug-likeness (QED) is 0.528. The summed E-state index contributed by atoms with van der Waals surface area (Å²) in [6.45, 7) is 2.50. The molecule has 0 amide bonds. The van der Waals surface area contributed by atoms with Crippen LogP contribution in [-0.4, -0.2) is 12.6 Å². The largest absolute Gasteiger partial charge is 1.00 e. The third-order valence-corrected chi connectivity index (χ3v) is 2.80. The van der Waals surface area contributed by atoms with Gasteiger partial charge in [-0.1, -0.05) is 6.07 Å². The molecule has 1 fully saturated rings. The molecule has 1 atom stereocenters. The average Bonchev–Trinajstić information content (AvgIpc) is 2.13. The number of ether oxygens (including phenoxy) is 1. The smallest absolute Gasteiger partial charge is 0.545 e. The number of aromatic carboxylic acids is 1. The van der Waals surface area contributed by atoms with Gasteiger partial charge in [-0.15, -0.1) is 0 Å². The van der Waals surface area contributed by atoms with Crippen molar-refractivity contribution >= 4 is 5.97 Å². The Morgan fingerprint density at radius 3 is 2.56 bits per heavy atom. The molecule has 0 saturated carbocycles. The Bertz CT molecular complexity index is 416. The normalized spacial score (nSPS) is 23.1. The van der Waals surface area contributed by atoms with Crippen molar-refractivity contribution in [3.8, 4) is 0 Å². The maximum absolute atomic E-state index is 13.3. The maximum atomic E-state index is 13.3. The van der Waals surface area contributed by atoms with Crippen LogP contribution < -0.4 is 24.0 Å². The molecule has 2 rings (SSSR count). The second-order valence-corrected chi connectivity index (χ2v) is 3.81. The van der Waals surface area contributed by atoms with Crippen LogP contribution in [0.3, 0.4) is 0 Å². The van der Waals surface area contributed by atoms with Crippen molar-refractivity contribution in [3.63, 3.8) is 0 Å². The van der Waals surface area contributed by atoms with Crippen LogP contribution in [0.25, 0.3) is 0 Å². The first-order valence-corrected chi connectivity index (χ1v) is 4.68. The van der Waals surface area contributed by atoms with Crippen molar-refractivity contribution in [2.24, 2.45) is 0 Å². The molecule has 16 heavy (non-hydrogen) atoms. The fourth-order valence-corrected chi connectivity index (χ4v) is 1.65. The van der Waals surface area contributed by atoms with E-state index in [4.69, 9.17) is 4.74 Å². The number of hydrogen-bond acceptors (Lipinski definition) is 3. The number of carbonyl (C=O) groups excluding carboxylic acids is 1. The summed E-state index contributed by atoms with van der Waals surface area (Å²) >= 11 is 0. The molecule has 1 aliphatic rings. The van der Waals surface area contributed by atoms with Crippen LogP contribution in [0.1, 0.15) is 29.3 Å². The Kier molecular flexibility index (Phi) is 3.79. The van der Waals surface area contributed by atoms with Crippen LogP contribution in [-0.2, 0) is 10.3 Å². The third-order valence-electron chi connectivity index (χ3n) is 2.80. The van der Waals surface area contributed by atoms with E-state index in [1.54, 1.807) is 6.07 Å². The summed E-state index contributed by atoms with van der Waals surface area (Å²) in [5.74, 6) is -2.28. The summed E-state index contributed by atoms with van der Waals surface area (Å²) in [4.78, 5) is 10.5. The number of carboxylic acids is 1. The molecule has 5 heteroatoms. The van der Waals surface area contributed by atoms with E-state index in [1.807, 2.05) is 6.92 Å². The predicted octanol–water partition coefficient (Wildman–Crippen LogP) is -2.17. The summed E-state index contributed by atoms with van der Waals surface area (Å²) in [5, 5.41) is 10.5. The van der Waals surface area contributed by atoms with Gasteiger partial charge in [0.25, 0.3) is 0 Å². The molecular formula is C11H10FLiO3. The van der Waals surface area contributed by atoms with Crippen LogP contribution in [0.4, 0.5) is 4.39 Å². The molecule has 80 valence electrons. The van der Waals surface area contributed by atoms with E-state index in [2.05, 4.69) is 0 Å². The fraction of sp³-hybridized carbons (Fsp3) is 0.364. The molecule has 0 bridgehead atoms. The van der Waals surface area contributed by atoms with Gasteiger partial charge in [-0.25, -0.2) is 4.39 Å². The van der Waals surface area contributed by atoms with Crippen LogP contribution >= 0.6 is 0 Å². The van der Waals surface area contributed by atoms with Crippen molar-refractivity contribution in [1.29, 1.82) is 0 Å². The summed E-state index contributed by atoms with van der Waals surface area (Å²) in [6.07, 6.45) is 0.817. The average molecular weight is 216 g/mol. The Morgan fingerprint density at radius 1 is 1.56 bits per heavy atom. The van der Waals surface area contributed by atoms with Gasteiger partial charge in [0.2, 0.25) is 0 Å². The minimum Gasteiger partial charge on any atom is -0.545 e. The molecule has 1 heterocycles. The first-order valence-electron chi connectivity index (χ1n) is 4.68. The van der Waals surface area contributed by atoms with Gasteiger partial charge in [-0.2, -0.15) is 0 Å². The molecular weight excluding hydrogens is 206 g/mol. The summed E-state index contributed by atoms with van der Waals surface area (Å²) in [7, 11) is 0. The van der Waals surface area contributed by atoms with E-state index < -0.39 is 23.0 Å². The molecule has 1 aliphatic heterocycles. The number of carboxylic acid groups (broad SMARTS) is 1. The number of benzene rings is 1. The van der Waals surface area contributed by atoms with Gasteiger partial charge < -0.3 is 14.6 Å². The SMILES string of the molecule is CC1(c2ccc(C(=O)[O-])c(F)c2)CCO1.[Li+]. The van der Waals surface area contributed by atoms with Gasteiger partial charge in [0.1, 0.15) is 5.82 Å². The standard InChI is InChI=1S/C11H11FO3.Li/c1-11(4-5-15-11)7-2-3-8(10(13)14)9(12)6-7;/h2-3,6H,4-5H2,1H3,(H,13,14);/q;+1/p-1. The summed E-state index contributed by atoms with van der Waals surface area (Å²) < 4.78 is 18.6. The van der Waals surface area contributed by atoms with E-state index in [1.165, 1.54) is 12.1 Å². The number of carbonyl (C=O) groups is 1. The van der Waals surface area contributed by atoms with Gasteiger partial charge in [-0.05, 0) is 24.6 Å². The molecule has 0 radical (unpaired) electrons. The molecule has 0 aliphatic carbocycles. The molecule has 1 aromatic rings. The third kappa shape index (κ3) is 2.15. The zero-order valence-corrected chi connectivity index (χ0v) is 9.25. The van der Waals surface area contributed by atoms with E-state index in [0.29, 0.717) is 12.2 Å². The first kappa shape index (κ1) is 13.2. The monoisotopic (exact) mass is 216 g/mol. The molecule has 3 nitrogen and oxygen atoms in total. The summed E-state index contributed by atoms with van der Waals surface area (Å²) in [6, 6.07) is 3.98.